The third-order valence-corrected chi connectivity index (χ3v) is 13.1. The van der Waals surface area contributed by atoms with Crippen molar-refractivity contribution < 1.29 is 0 Å². The molecule has 4 heteroatoms. The van der Waals surface area contributed by atoms with Gasteiger partial charge in [-0.25, -0.2) is 15.0 Å². The van der Waals surface area contributed by atoms with Crippen LogP contribution < -0.4 is 0 Å². The first-order chi connectivity index (χ1) is 31.5. The molecule has 11 aromatic rings. The van der Waals surface area contributed by atoms with Gasteiger partial charge in [-0.1, -0.05) is 193 Å². The lowest BCUT2D eigenvalue weighted by molar-refractivity contribution is 0.768. The highest BCUT2D eigenvalue weighted by molar-refractivity contribution is 6.10. The lowest BCUT2D eigenvalue weighted by Gasteiger charge is -2.34. The smallest absolute Gasteiger partial charge is 0.164 e. The van der Waals surface area contributed by atoms with Crippen molar-refractivity contribution >= 4 is 21.8 Å². The molecule has 0 N–H and O–H groups in total. The van der Waals surface area contributed by atoms with Gasteiger partial charge in [-0.15, -0.1) is 0 Å². The van der Waals surface area contributed by atoms with E-state index >= 15 is 0 Å². The third kappa shape index (κ3) is 5.95. The zero-order valence-corrected chi connectivity index (χ0v) is 35.6. The molecule has 0 unspecified atom stereocenters. The van der Waals surface area contributed by atoms with E-state index in [0.29, 0.717) is 17.5 Å². The van der Waals surface area contributed by atoms with Crippen LogP contribution in [-0.2, 0) is 5.41 Å². The monoisotopic (exact) mass is 818 g/mol. The van der Waals surface area contributed by atoms with E-state index in [1.54, 1.807) is 0 Å². The van der Waals surface area contributed by atoms with Crippen LogP contribution in [0.25, 0.3) is 83.9 Å². The number of fused-ring (bicyclic) bond motifs is 6. The number of hydrogen-bond donors (Lipinski definition) is 0. The van der Waals surface area contributed by atoms with Gasteiger partial charge in [-0.05, 0) is 94.8 Å². The summed E-state index contributed by atoms with van der Waals surface area (Å²) in [6.45, 7) is 4.32. The maximum absolute atomic E-state index is 5.28. The molecule has 0 atom stereocenters. The molecule has 0 amide bonds. The molecule has 2 heterocycles. The normalized spacial score (nSPS) is 12.7. The lowest BCUT2D eigenvalue weighted by atomic mass is 9.67. The molecular formula is C60H42N4. The zero-order valence-electron chi connectivity index (χ0n) is 35.6. The Labute approximate surface area is 372 Å². The quantitative estimate of drug-likeness (QED) is 0.161. The number of aryl methyl sites for hydroxylation is 2. The fourth-order valence-electron chi connectivity index (χ4n) is 10.1. The number of aromatic nitrogens is 4. The van der Waals surface area contributed by atoms with E-state index in [2.05, 4.69) is 200 Å². The molecule has 0 radical (unpaired) electrons. The number of benzene rings is 9. The molecule has 0 bridgehead atoms. The molecule has 0 fully saturated rings. The maximum Gasteiger partial charge on any atom is 0.164 e. The largest absolute Gasteiger partial charge is 0.309 e. The first-order valence-electron chi connectivity index (χ1n) is 21.9. The van der Waals surface area contributed by atoms with Gasteiger partial charge >= 0.3 is 0 Å². The summed E-state index contributed by atoms with van der Waals surface area (Å²) in [5.41, 5.74) is 17.7. The third-order valence-electron chi connectivity index (χ3n) is 13.1. The van der Waals surface area contributed by atoms with Crippen LogP contribution in [0.5, 0.6) is 0 Å². The van der Waals surface area contributed by atoms with Crippen LogP contribution in [0.15, 0.2) is 218 Å². The highest BCUT2D eigenvalue weighted by atomic mass is 15.0. The van der Waals surface area contributed by atoms with Gasteiger partial charge < -0.3 is 4.57 Å². The van der Waals surface area contributed by atoms with Gasteiger partial charge in [0, 0.05) is 33.2 Å². The highest BCUT2D eigenvalue weighted by Crippen LogP contribution is 2.59. The van der Waals surface area contributed by atoms with Gasteiger partial charge in [0.1, 0.15) is 0 Å². The molecule has 9 aromatic carbocycles. The second-order valence-electron chi connectivity index (χ2n) is 16.9. The molecule has 1 aliphatic rings. The molecule has 0 aliphatic heterocycles. The van der Waals surface area contributed by atoms with E-state index in [1.807, 2.05) is 36.4 Å². The highest BCUT2D eigenvalue weighted by Gasteiger charge is 2.47. The number of hydrogen-bond acceptors (Lipinski definition) is 3. The summed E-state index contributed by atoms with van der Waals surface area (Å²) < 4.78 is 2.38. The fourth-order valence-corrected chi connectivity index (χ4v) is 10.1. The van der Waals surface area contributed by atoms with E-state index in [1.165, 1.54) is 66.3 Å². The average Bonchev–Trinajstić information content (AvgIpc) is 3.85. The van der Waals surface area contributed by atoms with Gasteiger partial charge in [0.2, 0.25) is 0 Å². The Balaban J connectivity index is 1.13. The molecule has 0 saturated carbocycles. The summed E-state index contributed by atoms with van der Waals surface area (Å²) >= 11 is 0. The minimum Gasteiger partial charge on any atom is -0.309 e. The molecule has 12 rings (SSSR count). The van der Waals surface area contributed by atoms with Crippen molar-refractivity contribution in [3.63, 3.8) is 0 Å². The van der Waals surface area contributed by atoms with Gasteiger partial charge in [0.05, 0.1) is 16.4 Å². The molecular weight excluding hydrogens is 777 g/mol. The van der Waals surface area contributed by atoms with Crippen LogP contribution in [0.2, 0.25) is 0 Å². The zero-order chi connectivity index (χ0) is 42.8. The summed E-state index contributed by atoms with van der Waals surface area (Å²) in [5, 5.41) is 2.46. The van der Waals surface area contributed by atoms with E-state index < -0.39 is 5.41 Å². The van der Waals surface area contributed by atoms with Gasteiger partial charge in [-0.2, -0.15) is 0 Å². The van der Waals surface area contributed by atoms with Crippen molar-refractivity contribution in [2.24, 2.45) is 0 Å². The summed E-state index contributed by atoms with van der Waals surface area (Å²) in [5.74, 6) is 1.93. The Kier molecular flexibility index (Phi) is 8.80. The van der Waals surface area contributed by atoms with Crippen LogP contribution >= 0.6 is 0 Å². The Bertz CT molecular complexity index is 3430. The van der Waals surface area contributed by atoms with E-state index in [0.717, 1.165) is 33.5 Å². The summed E-state index contributed by atoms with van der Waals surface area (Å²) in [4.78, 5) is 15.6. The van der Waals surface area contributed by atoms with Crippen LogP contribution in [0.3, 0.4) is 0 Å². The molecule has 4 nitrogen and oxygen atoms in total. The Hall–Kier alpha value is -8.21. The topological polar surface area (TPSA) is 43.6 Å². The van der Waals surface area contributed by atoms with E-state index in [4.69, 9.17) is 15.0 Å². The van der Waals surface area contributed by atoms with Gasteiger partial charge in [-0.3, -0.25) is 0 Å². The lowest BCUT2D eigenvalue weighted by Crippen LogP contribution is -2.28. The summed E-state index contributed by atoms with van der Waals surface area (Å²) in [7, 11) is 0. The van der Waals surface area contributed by atoms with Crippen molar-refractivity contribution in [1.29, 1.82) is 0 Å². The van der Waals surface area contributed by atoms with Crippen LogP contribution in [0.4, 0.5) is 0 Å². The molecule has 64 heavy (non-hydrogen) atoms. The molecule has 1 aliphatic carbocycles. The van der Waals surface area contributed by atoms with Gasteiger partial charge in [0.25, 0.3) is 0 Å². The first-order valence-corrected chi connectivity index (χ1v) is 21.9. The second-order valence-corrected chi connectivity index (χ2v) is 16.9. The van der Waals surface area contributed by atoms with Crippen LogP contribution in [0.1, 0.15) is 33.4 Å². The predicted molar refractivity (Wildman–Crippen MR) is 263 cm³/mol. The molecule has 0 saturated heterocycles. The van der Waals surface area contributed by atoms with Gasteiger partial charge in [0.15, 0.2) is 17.5 Å². The SMILES string of the molecule is Cc1ccc(C2(c3ccc(C)cc3)c3cc(-c4ccc5c(c4)c4ccccc4n5-c4ccccc4)ccc3-c3c(-c4nc(-c5ccccc5)nc(-c5ccccc5)n4)cccc32)cc1. The number of nitrogens with zero attached hydrogens (tertiary/aromatic N) is 4. The summed E-state index contributed by atoms with van der Waals surface area (Å²) in [6.07, 6.45) is 0. The van der Waals surface area contributed by atoms with E-state index in [-0.39, 0.29) is 0 Å². The first kappa shape index (κ1) is 37.5. The van der Waals surface area contributed by atoms with Crippen LogP contribution in [-0.4, -0.2) is 19.5 Å². The Morgan fingerprint density at radius 2 is 0.891 bits per heavy atom. The maximum atomic E-state index is 5.28. The van der Waals surface area contributed by atoms with Crippen molar-refractivity contribution in [2.45, 2.75) is 19.3 Å². The number of para-hydroxylation sites is 2. The second kappa shape index (κ2) is 15.0. The average molecular weight is 819 g/mol. The van der Waals surface area contributed by atoms with Crippen molar-refractivity contribution in [3.8, 4) is 62.1 Å². The predicted octanol–water partition coefficient (Wildman–Crippen LogP) is 14.6. The Morgan fingerprint density at radius 3 is 1.53 bits per heavy atom. The number of rotatable bonds is 7. The van der Waals surface area contributed by atoms with Crippen molar-refractivity contribution in [3.05, 3.63) is 252 Å². The fraction of sp³-hybridized carbons (Fsp3) is 0.0500. The molecule has 302 valence electrons. The Morgan fingerprint density at radius 1 is 0.359 bits per heavy atom. The van der Waals surface area contributed by atoms with Crippen molar-refractivity contribution in [1.82, 2.24) is 19.5 Å². The standard InChI is InChI=1S/C60H42N4/c1-39-25-31-45(32-26-39)60(46-33-27-40(2)28-34-46)52-23-14-22-50(59-62-57(41-15-6-3-7-16-41)61-58(63-59)42-17-8-4-9-18-42)56(52)49-35-29-44(38-53(49)60)43-30-36-55-51(37-43)48-21-12-13-24-54(48)64(55)47-19-10-5-11-20-47/h3-38H,1-2H3. The minimum absolute atomic E-state index is 0.642. The molecule has 2 aromatic heterocycles. The van der Waals surface area contributed by atoms with Crippen LogP contribution in [0, 0.1) is 13.8 Å². The molecule has 0 spiro atoms. The van der Waals surface area contributed by atoms with E-state index in [9.17, 15) is 0 Å². The van der Waals surface area contributed by atoms with Crippen molar-refractivity contribution in [2.75, 3.05) is 0 Å². The minimum atomic E-state index is -0.650. The summed E-state index contributed by atoms with van der Waals surface area (Å²) in [6, 6.07) is 78.9.